The summed E-state index contributed by atoms with van der Waals surface area (Å²) in [6, 6.07) is 8.21. The van der Waals surface area contributed by atoms with Crippen LogP contribution in [0.3, 0.4) is 0 Å². The molecule has 0 radical (unpaired) electrons. The Morgan fingerprint density at radius 1 is 1.15 bits per heavy atom. The normalized spacial score (nSPS) is 10.7. The van der Waals surface area contributed by atoms with Crippen molar-refractivity contribution in [3.63, 3.8) is 0 Å². The minimum atomic E-state index is -0.964. The van der Waals surface area contributed by atoms with Crippen LogP contribution in [0.2, 0.25) is 5.02 Å². The number of aromatic amines is 1. The van der Waals surface area contributed by atoms with Crippen LogP contribution in [0, 0.1) is 11.6 Å². The maximum Gasteiger partial charge on any atom is 0.361 e. The predicted molar refractivity (Wildman–Crippen MR) is 93.5 cm³/mol. The number of hydrogen-bond donors (Lipinski definition) is 1. The summed E-state index contributed by atoms with van der Waals surface area (Å²) < 4.78 is 37.1. The van der Waals surface area contributed by atoms with Crippen molar-refractivity contribution >= 4 is 17.6 Å². The molecular formula is C18H14ClF2N3O3. The smallest absolute Gasteiger partial charge is 0.361 e. The molecule has 1 N–H and O–H groups in total. The van der Waals surface area contributed by atoms with E-state index in [-0.39, 0.29) is 24.6 Å². The highest BCUT2D eigenvalue weighted by atomic mass is 35.5. The van der Waals surface area contributed by atoms with Gasteiger partial charge in [-0.3, -0.25) is 0 Å². The van der Waals surface area contributed by atoms with Gasteiger partial charge in [0.1, 0.15) is 18.1 Å². The van der Waals surface area contributed by atoms with Crippen molar-refractivity contribution in [1.82, 2.24) is 15.4 Å². The molecule has 0 bridgehead atoms. The molecule has 1 heterocycles. The Bertz CT molecular complexity index is 978. The van der Waals surface area contributed by atoms with E-state index in [1.165, 1.54) is 6.07 Å². The number of esters is 1. The number of benzene rings is 2. The highest BCUT2D eigenvalue weighted by Crippen LogP contribution is 2.33. The van der Waals surface area contributed by atoms with Crippen molar-refractivity contribution in [3.8, 4) is 17.0 Å². The molecule has 140 valence electrons. The van der Waals surface area contributed by atoms with Gasteiger partial charge in [0.2, 0.25) is 0 Å². The lowest BCUT2D eigenvalue weighted by Crippen LogP contribution is -2.07. The van der Waals surface area contributed by atoms with E-state index in [4.69, 9.17) is 21.1 Å². The predicted octanol–water partition coefficient (Wildman–Crippen LogP) is 4.16. The number of ether oxygens (including phenoxy) is 2. The van der Waals surface area contributed by atoms with Gasteiger partial charge in [0.05, 0.1) is 6.61 Å². The summed E-state index contributed by atoms with van der Waals surface area (Å²) in [6.45, 7) is 1.83. The van der Waals surface area contributed by atoms with Crippen LogP contribution in [0.15, 0.2) is 36.4 Å². The van der Waals surface area contributed by atoms with Gasteiger partial charge in [-0.05, 0) is 42.8 Å². The lowest BCUT2D eigenvalue weighted by molar-refractivity contribution is 0.0520. The summed E-state index contributed by atoms with van der Waals surface area (Å²) in [4.78, 5) is 12.0. The zero-order chi connectivity index (χ0) is 19.4. The van der Waals surface area contributed by atoms with Gasteiger partial charge in [0, 0.05) is 10.6 Å². The molecule has 3 aromatic rings. The molecule has 0 fully saturated rings. The molecule has 27 heavy (non-hydrogen) atoms. The first-order valence-corrected chi connectivity index (χ1v) is 8.32. The first-order valence-electron chi connectivity index (χ1n) is 7.94. The molecule has 0 unspecified atom stereocenters. The number of halogens is 3. The Morgan fingerprint density at radius 2 is 1.96 bits per heavy atom. The van der Waals surface area contributed by atoms with Crippen LogP contribution in [0.4, 0.5) is 8.78 Å². The number of nitrogens with zero attached hydrogens (tertiary/aromatic N) is 2. The van der Waals surface area contributed by atoms with E-state index < -0.39 is 17.6 Å². The Balaban J connectivity index is 1.91. The van der Waals surface area contributed by atoms with Crippen molar-refractivity contribution in [1.29, 1.82) is 0 Å². The SMILES string of the molecule is CCOC(=O)c1n[nH]nc1-c1cc(Cl)ccc1OCc1ccc(F)c(F)c1. The fourth-order valence-corrected chi connectivity index (χ4v) is 2.54. The average molecular weight is 394 g/mol. The zero-order valence-electron chi connectivity index (χ0n) is 14.1. The van der Waals surface area contributed by atoms with Crippen molar-refractivity contribution in [2.24, 2.45) is 0 Å². The van der Waals surface area contributed by atoms with Crippen LogP contribution in [0.5, 0.6) is 5.75 Å². The lowest BCUT2D eigenvalue weighted by atomic mass is 10.1. The molecule has 0 amide bonds. The van der Waals surface area contributed by atoms with E-state index in [1.54, 1.807) is 25.1 Å². The first kappa shape index (κ1) is 18.8. The van der Waals surface area contributed by atoms with Crippen molar-refractivity contribution in [3.05, 3.63) is 64.3 Å². The fraction of sp³-hybridized carbons (Fsp3) is 0.167. The third-order valence-electron chi connectivity index (χ3n) is 3.59. The Morgan fingerprint density at radius 3 is 2.70 bits per heavy atom. The first-order chi connectivity index (χ1) is 13.0. The number of carbonyl (C=O) groups is 1. The van der Waals surface area contributed by atoms with Crippen molar-refractivity contribution in [2.75, 3.05) is 6.61 Å². The lowest BCUT2D eigenvalue weighted by Gasteiger charge is -2.11. The topological polar surface area (TPSA) is 77.1 Å². The summed E-state index contributed by atoms with van der Waals surface area (Å²) in [5.41, 5.74) is 1.02. The molecule has 1 aromatic heterocycles. The van der Waals surface area contributed by atoms with Crippen LogP contribution < -0.4 is 4.74 Å². The van der Waals surface area contributed by atoms with E-state index in [0.29, 0.717) is 21.9 Å². The van der Waals surface area contributed by atoms with Crippen molar-refractivity contribution < 1.29 is 23.0 Å². The third kappa shape index (κ3) is 4.22. The van der Waals surface area contributed by atoms with E-state index >= 15 is 0 Å². The standard InChI is InChI=1S/C18H14ClF2N3O3/c1-2-26-18(25)17-16(22-24-23-17)12-8-11(19)4-6-15(12)27-9-10-3-5-13(20)14(21)7-10/h3-8H,2,9H2,1H3,(H,22,23,24). The summed E-state index contributed by atoms with van der Waals surface area (Å²) >= 11 is 6.06. The molecule has 2 aromatic carbocycles. The molecule has 0 aliphatic rings. The highest BCUT2D eigenvalue weighted by Gasteiger charge is 2.22. The van der Waals surface area contributed by atoms with Gasteiger partial charge in [-0.15, -0.1) is 5.10 Å². The van der Waals surface area contributed by atoms with Gasteiger partial charge in [-0.2, -0.15) is 10.3 Å². The summed E-state index contributed by atoms with van der Waals surface area (Å²) in [5.74, 6) is -2.21. The molecule has 6 nitrogen and oxygen atoms in total. The molecule has 0 aliphatic carbocycles. The second-order valence-corrected chi connectivity index (χ2v) is 5.86. The number of hydrogen-bond acceptors (Lipinski definition) is 5. The Kier molecular flexibility index (Phi) is 5.66. The van der Waals surface area contributed by atoms with Crippen LogP contribution >= 0.6 is 11.6 Å². The van der Waals surface area contributed by atoms with E-state index in [0.717, 1.165) is 12.1 Å². The zero-order valence-corrected chi connectivity index (χ0v) is 14.9. The van der Waals surface area contributed by atoms with Gasteiger partial charge in [0.25, 0.3) is 0 Å². The second kappa shape index (κ2) is 8.13. The minimum Gasteiger partial charge on any atom is -0.488 e. The van der Waals surface area contributed by atoms with E-state index in [2.05, 4.69) is 15.4 Å². The molecule has 0 aliphatic heterocycles. The summed E-state index contributed by atoms with van der Waals surface area (Å²) in [7, 11) is 0. The van der Waals surface area contributed by atoms with Crippen LogP contribution in [-0.2, 0) is 11.3 Å². The Labute approximate surface area is 158 Å². The second-order valence-electron chi connectivity index (χ2n) is 5.42. The number of carbonyl (C=O) groups excluding carboxylic acids is 1. The maximum absolute atomic E-state index is 13.4. The van der Waals surface area contributed by atoms with Gasteiger partial charge < -0.3 is 9.47 Å². The molecule has 3 rings (SSSR count). The molecule has 0 saturated heterocycles. The molecule has 0 atom stereocenters. The number of rotatable bonds is 6. The quantitative estimate of drug-likeness (QED) is 0.636. The van der Waals surface area contributed by atoms with Gasteiger partial charge in [-0.1, -0.05) is 17.7 Å². The number of nitrogens with one attached hydrogen (secondary N) is 1. The fourth-order valence-electron chi connectivity index (χ4n) is 2.36. The maximum atomic E-state index is 13.4. The van der Waals surface area contributed by atoms with Gasteiger partial charge in [0.15, 0.2) is 17.3 Å². The van der Waals surface area contributed by atoms with Crippen LogP contribution in [0.1, 0.15) is 23.0 Å². The third-order valence-corrected chi connectivity index (χ3v) is 3.83. The highest BCUT2D eigenvalue weighted by molar-refractivity contribution is 6.31. The van der Waals surface area contributed by atoms with Crippen LogP contribution in [0.25, 0.3) is 11.3 Å². The summed E-state index contributed by atoms with van der Waals surface area (Å²) in [5, 5.41) is 10.6. The van der Waals surface area contributed by atoms with Gasteiger partial charge >= 0.3 is 5.97 Å². The molecule has 0 saturated carbocycles. The number of H-pyrrole nitrogens is 1. The average Bonchev–Trinajstić information content (AvgIpc) is 3.13. The van der Waals surface area contributed by atoms with Crippen molar-refractivity contribution in [2.45, 2.75) is 13.5 Å². The summed E-state index contributed by atoms with van der Waals surface area (Å²) in [6.07, 6.45) is 0. The van der Waals surface area contributed by atoms with E-state index in [1.807, 2.05) is 0 Å². The molecular weight excluding hydrogens is 380 g/mol. The van der Waals surface area contributed by atoms with Crippen LogP contribution in [-0.4, -0.2) is 28.0 Å². The van der Waals surface area contributed by atoms with Gasteiger partial charge in [-0.25, -0.2) is 13.6 Å². The largest absolute Gasteiger partial charge is 0.488 e. The monoisotopic (exact) mass is 393 g/mol. The molecule has 9 heteroatoms. The Hall–Kier alpha value is -3.00. The number of aromatic nitrogens is 3. The molecule has 0 spiro atoms. The van der Waals surface area contributed by atoms with E-state index in [9.17, 15) is 13.6 Å². The minimum absolute atomic E-state index is 0.0169.